The molecule has 19 heavy (non-hydrogen) atoms. The summed E-state index contributed by atoms with van der Waals surface area (Å²) >= 11 is 0. The SMILES string of the molecule is CN=C(NCCc1ccccc1)NCC1(C)COC1. The number of nitrogens with one attached hydrogen (secondary N) is 2. The van der Waals surface area contributed by atoms with Crippen LogP contribution in [0, 0.1) is 5.41 Å². The van der Waals surface area contributed by atoms with Gasteiger partial charge in [0.05, 0.1) is 13.2 Å². The van der Waals surface area contributed by atoms with E-state index in [4.69, 9.17) is 4.74 Å². The first-order valence-corrected chi connectivity index (χ1v) is 6.78. The van der Waals surface area contributed by atoms with Crippen LogP contribution in [0.5, 0.6) is 0 Å². The van der Waals surface area contributed by atoms with E-state index in [-0.39, 0.29) is 5.41 Å². The smallest absolute Gasteiger partial charge is 0.191 e. The molecule has 4 nitrogen and oxygen atoms in total. The van der Waals surface area contributed by atoms with E-state index >= 15 is 0 Å². The van der Waals surface area contributed by atoms with Gasteiger partial charge in [-0.3, -0.25) is 4.99 Å². The Bertz CT molecular complexity index is 413. The molecule has 0 unspecified atom stereocenters. The lowest BCUT2D eigenvalue weighted by molar-refractivity contribution is -0.0971. The Morgan fingerprint density at radius 1 is 1.26 bits per heavy atom. The fourth-order valence-electron chi connectivity index (χ4n) is 2.04. The molecule has 1 saturated heterocycles. The molecule has 2 rings (SSSR count). The summed E-state index contributed by atoms with van der Waals surface area (Å²) in [5, 5.41) is 6.69. The predicted octanol–water partition coefficient (Wildman–Crippen LogP) is 1.43. The lowest BCUT2D eigenvalue weighted by Crippen LogP contribution is -2.51. The first-order valence-electron chi connectivity index (χ1n) is 6.78. The first-order chi connectivity index (χ1) is 9.22. The number of rotatable bonds is 5. The molecule has 0 amide bonds. The Morgan fingerprint density at radius 3 is 2.58 bits per heavy atom. The highest BCUT2D eigenvalue weighted by Crippen LogP contribution is 2.24. The third kappa shape index (κ3) is 4.24. The van der Waals surface area contributed by atoms with Crippen molar-refractivity contribution in [2.75, 3.05) is 33.4 Å². The summed E-state index contributed by atoms with van der Waals surface area (Å²) in [6, 6.07) is 10.5. The van der Waals surface area contributed by atoms with Crippen LogP contribution in [0.15, 0.2) is 35.3 Å². The van der Waals surface area contributed by atoms with Crippen molar-refractivity contribution in [3.05, 3.63) is 35.9 Å². The Labute approximate surface area is 115 Å². The van der Waals surface area contributed by atoms with E-state index in [1.807, 2.05) is 6.07 Å². The minimum Gasteiger partial charge on any atom is -0.380 e. The molecule has 1 aromatic rings. The minimum absolute atomic E-state index is 0.261. The maximum absolute atomic E-state index is 5.24. The third-order valence-electron chi connectivity index (χ3n) is 3.36. The minimum atomic E-state index is 0.261. The Hall–Kier alpha value is -1.55. The molecule has 0 atom stereocenters. The summed E-state index contributed by atoms with van der Waals surface area (Å²) in [6.45, 7) is 5.68. The summed E-state index contributed by atoms with van der Waals surface area (Å²) < 4.78 is 5.24. The van der Waals surface area contributed by atoms with Crippen molar-refractivity contribution in [2.24, 2.45) is 10.4 Å². The van der Waals surface area contributed by atoms with Crippen LogP contribution in [0.1, 0.15) is 12.5 Å². The van der Waals surface area contributed by atoms with Crippen molar-refractivity contribution >= 4 is 5.96 Å². The van der Waals surface area contributed by atoms with Gasteiger partial charge in [0.1, 0.15) is 0 Å². The van der Waals surface area contributed by atoms with Gasteiger partial charge >= 0.3 is 0 Å². The van der Waals surface area contributed by atoms with Crippen LogP contribution in [0.4, 0.5) is 0 Å². The van der Waals surface area contributed by atoms with Crippen LogP contribution in [0.2, 0.25) is 0 Å². The molecule has 1 aromatic carbocycles. The highest BCUT2D eigenvalue weighted by molar-refractivity contribution is 5.79. The van der Waals surface area contributed by atoms with Crippen molar-refractivity contribution in [1.82, 2.24) is 10.6 Å². The van der Waals surface area contributed by atoms with Crippen molar-refractivity contribution in [2.45, 2.75) is 13.3 Å². The van der Waals surface area contributed by atoms with E-state index in [2.05, 4.69) is 46.8 Å². The second kappa shape index (κ2) is 6.57. The second-order valence-corrected chi connectivity index (χ2v) is 5.39. The summed E-state index contributed by atoms with van der Waals surface area (Å²) in [5.74, 6) is 0.865. The first kappa shape index (κ1) is 13.9. The zero-order valence-corrected chi connectivity index (χ0v) is 11.8. The van der Waals surface area contributed by atoms with Gasteiger partial charge in [-0.15, -0.1) is 0 Å². The zero-order chi connectivity index (χ0) is 13.6. The average Bonchev–Trinajstić information content (AvgIpc) is 2.41. The molecule has 0 spiro atoms. The third-order valence-corrected chi connectivity index (χ3v) is 3.36. The quantitative estimate of drug-likeness (QED) is 0.622. The molecule has 0 bridgehead atoms. The van der Waals surface area contributed by atoms with Crippen LogP contribution in [0.3, 0.4) is 0 Å². The predicted molar refractivity (Wildman–Crippen MR) is 78.4 cm³/mol. The van der Waals surface area contributed by atoms with Gasteiger partial charge in [-0.2, -0.15) is 0 Å². The van der Waals surface area contributed by atoms with Crippen molar-refractivity contribution in [3.63, 3.8) is 0 Å². The van der Waals surface area contributed by atoms with Crippen molar-refractivity contribution in [3.8, 4) is 0 Å². The van der Waals surface area contributed by atoms with Gasteiger partial charge in [0.25, 0.3) is 0 Å². The van der Waals surface area contributed by atoms with Gasteiger partial charge in [0.15, 0.2) is 5.96 Å². The molecule has 104 valence electrons. The molecule has 0 saturated carbocycles. The molecule has 0 radical (unpaired) electrons. The summed E-state index contributed by atoms with van der Waals surface area (Å²) in [6.07, 6.45) is 1.00. The van der Waals surface area contributed by atoms with E-state index in [1.54, 1.807) is 7.05 Å². The van der Waals surface area contributed by atoms with Crippen LogP contribution in [-0.4, -0.2) is 39.3 Å². The number of hydrogen-bond donors (Lipinski definition) is 2. The summed E-state index contributed by atoms with van der Waals surface area (Å²) in [5.41, 5.74) is 1.60. The van der Waals surface area contributed by atoms with Gasteiger partial charge < -0.3 is 15.4 Å². The molecule has 1 heterocycles. The molecular weight excluding hydrogens is 238 g/mol. The van der Waals surface area contributed by atoms with Crippen LogP contribution in [0.25, 0.3) is 0 Å². The second-order valence-electron chi connectivity index (χ2n) is 5.39. The topological polar surface area (TPSA) is 45.7 Å². The van der Waals surface area contributed by atoms with E-state index in [9.17, 15) is 0 Å². The van der Waals surface area contributed by atoms with E-state index < -0.39 is 0 Å². The molecule has 2 N–H and O–H groups in total. The highest BCUT2D eigenvalue weighted by atomic mass is 16.5. The van der Waals surface area contributed by atoms with Gasteiger partial charge in [0, 0.05) is 25.6 Å². The average molecular weight is 261 g/mol. The number of hydrogen-bond acceptors (Lipinski definition) is 2. The van der Waals surface area contributed by atoms with Gasteiger partial charge in [-0.1, -0.05) is 37.3 Å². The maximum Gasteiger partial charge on any atom is 0.191 e. The van der Waals surface area contributed by atoms with Crippen LogP contribution >= 0.6 is 0 Å². The Morgan fingerprint density at radius 2 is 2.00 bits per heavy atom. The summed E-state index contributed by atoms with van der Waals surface area (Å²) in [4.78, 5) is 4.23. The lowest BCUT2D eigenvalue weighted by Gasteiger charge is -2.38. The largest absolute Gasteiger partial charge is 0.380 e. The summed E-state index contributed by atoms with van der Waals surface area (Å²) in [7, 11) is 1.80. The monoisotopic (exact) mass is 261 g/mol. The molecule has 0 aromatic heterocycles. The number of nitrogens with zero attached hydrogens (tertiary/aromatic N) is 1. The number of aliphatic imine (C=N–C) groups is 1. The molecular formula is C15H23N3O. The molecule has 1 aliphatic heterocycles. The molecule has 4 heteroatoms. The molecule has 1 fully saturated rings. The van der Waals surface area contributed by atoms with Crippen LogP contribution < -0.4 is 10.6 Å². The highest BCUT2D eigenvalue weighted by Gasteiger charge is 2.33. The van der Waals surface area contributed by atoms with Gasteiger partial charge in [-0.25, -0.2) is 0 Å². The number of guanidine groups is 1. The van der Waals surface area contributed by atoms with Crippen LogP contribution in [-0.2, 0) is 11.2 Å². The zero-order valence-electron chi connectivity index (χ0n) is 11.8. The molecule has 0 aliphatic carbocycles. The van der Waals surface area contributed by atoms with Crippen molar-refractivity contribution in [1.29, 1.82) is 0 Å². The number of benzene rings is 1. The van der Waals surface area contributed by atoms with Crippen molar-refractivity contribution < 1.29 is 4.74 Å². The van der Waals surface area contributed by atoms with E-state index in [0.717, 1.165) is 38.7 Å². The Kier molecular flexibility index (Phi) is 4.80. The standard InChI is InChI=1S/C15H23N3O/c1-15(11-19-12-15)10-18-14(16-2)17-9-8-13-6-4-3-5-7-13/h3-7H,8-12H2,1-2H3,(H2,16,17,18). The fraction of sp³-hybridized carbons (Fsp3) is 0.533. The van der Waals surface area contributed by atoms with Gasteiger partial charge in [0.2, 0.25) is 0 Å². The fourth-order valence-corrected chi connectivity index (χ4v) is 2.04. The normalized spacial score (nSPS) is 17.7. The Balaban J connectivity index is 1.68. The molecule has 1 aliphatic rings. The number of ether oxygens (including phenoxy) is 1. The van der Waals surface area contributed by atoms with E-state index in [1.165, 1.54) is 5.56 Å². The maximum atomic E-state index is 5.24. The van der Waals surface area contributed by atoms with Gasteiger partial charge in [-0.05, 0) is 12.0 Å². The lowest BCUT2D eigenvalue weighted by atomic mass is 9.89. The van der Waals surface area contributed by atoms with E-state index in [0.29, 0.717) is 0 Å².